The van der Waals surface area contributed by atoms with E-state index in [0.717, 1.165) is 6.07 Å². The summed E-state index contributed by atoms with van der Waals surface area (Å²) >= 11 is 0. The molecule has 0 radical (unpaired) electrons. The van der Waals surface area contributed by atoms with E-state index in [2.05, 4.69) is 16.0 Å². The standard InChI is InChI=1S/C25H30F3N3O5/c1-29-12-9-22(32)31-24(10-13-35-14-11-24)23(33)30-16-17-3-5-18(6-4-17)36-21-8-7-19(34-2)15-20(21)25(26,27)28/h3-8,15,29H,9-14,16H2,1-2H3,(H,30,33)(H,31,32). The van der Waals surface area contributed by atoms with Crippen molar-refractivity contribution in [3.05, 3.63) is 53.6 Å². The molecule has 1 aliphatic heterocycles. The maximum Gasteiger partial charge on any atom is 0.420 e. The number of amides is 2. The normalized spacial score (nSPS) is 15.1. The van der Waals surface area contributed by atoms with E-state index >= 15 is 0 Å². The molecule has 1 heterocycles. The highest BCUT2D eigenvalue weighted by atomic mass is 19.4. The van der Waals surface area contributed by atoms with Crippen molar-refractivity contribution in [1.82, 2.24) is 16.0 Å². The highest BCUT2D eigenvalue weighted by Gasteiger charge is 2.41. The summed E-state index contributed by atoms with van der Waals surface area (Å²) in [6.07, 6.45) is -3.64. The molecule has 1 saturated heterocycles. The minimum absolute atomic E-state index is 0.0706. The topological polar surface area (TPSA) is 97.9 Å². The first kappa shape index (κ1) is 27.3. The van der Waals surface area contributed by atoms with E-state index in [4.69, 9.17) is 14.2 Å². The predicted molar refractivity (Wildman–Crippen MR) is 126 cm³/mol. The molecule has 36 heavy (non-hydrogen) atoms. The van der Waals surface area contributed by atoms with Gasteiger partial charge in [-0.15, -0.1) is 0 Å². The Labute approximate surface area is 207 Å². The number of ether oxygens (including phenoxy) is 3. The molecular weight excluding hydrogens is 479 g/mol. The maximum atomic E-state index is 13.4. The SMILES string of the molecule is CNCCC(=O)NC1(C(=O)NCc2ccc(Oc3ccc(OC)cc3C(F)(F)F)cc2)CCOCC1. The van der Waals surface area contributed by atoms with Crippen molar-refractivity contribution in [1.29, 1.82) is 0 Å². The fourth-order valence-electron chi connectivity index (χ4n) is 3.80. The second-order valence-electron chi connectivity index (χ2n) is 8.38. The molecule has 2 aromatic carbocycles. The summed E-state index contributed by atoms with van der Waals surface area (Å²) in [5.74, 6) is -0.601. The minimum Gasteiger partial charge on any atom is -0.497 e. The number of hydrogen-bond acceptors (Lipinski definition) is 6. The van der Waals surface area contributed by atoms with Gasteiger partial charge in [0.15, 0.2) is 0 Å². The van der Waals surface area contributed by atoms with Crippen molar-refractivity contribution in [2.45, 2.75) is 37.5 Å². The molecule has 2 aromatic rings. The Bertz CT molecular complexity index is 1040. The van der Waals surface area contributed by atoms with Crippen molar-refractivity contribution in [3.63, 3.8) is 0 Å². The molecule has 2 amide bonds. The van der Waals surface area contributed by atoms with E-state index in [1.165, 1.54) is 31.4 Å². The minimum atomic E-state index is -4.61. The highest BCUT2D eigenvalue weighted by Crippen LogP contribution is 2.40. The van der Waals surface area contributed by atoms with Crippen LogP contribution in [0.25, 0.3) is 0 Å². The molecule has 0 atom stereocenters. The average molecular weight is 510 g/mol. The van der Waals surface area contributed by atoms with E-state index in [1.54, 1.807) is 19.2 Å². The van der Waals surface area contributed by atoms with E-state index in [9.17, 15) is 22.8 Å². The number of hydrogen-bond donors (Lipinski definition) is 3. The number of nitrogens with one attached hydrogen (secondary N) is 3. The number of alkyl halides is 3. The first-order chi connectivity index (χ1) is 17.2. The first-order valence-electron chi connectivity index (χ1n) is 11.5. The third kappa shape index (κ3) is 7.11. The van der Waals surface area contributed by atoms with Crippen molar-refractivity contribution >= 4 is 11.8 Å². The number of halogens is 3. The van der Waals surface area contributed by atoms with Crippen molar-refractivity contribution in [2.75, 3.05) is 33.9 Å². The van der Waals surface area contributed by atoms with Gasteiger partial charge in [-0.25, -0.2) is 0 Å². The van der Waals surface area contributed by atoms with Crippen LogP contribution in [0.15, 0.2) is 42.5 Å². The molecular formula is C25H30F3N3O5. The van der Waals surface area contributed by atoms with Crippen molar-refractivity contribution in [2.24, 2.45) is 0 Å². The molecule has 0 aliphatic carbocycles. The smallest absolute Gasteiger partial charge is 0.420 e. The predicted octanol–water partition coefficient (Wildman–Crippen LogP) is 3.40. The summed E-state index contributed by atoms with van der Waals surface area (Å²) < 4.78 is 56.0. The quantitative estimate of drug-likeness (QED) is 0.454. The summed E-state index contributed by atoms with van der Waals surface area (Å²) in [4.78, 5) is 25.4. The lowest BCUT2D eigenvalue weighted by Gasteiger charge is -2.36. The highest BCUT2D eigenvalue weighted by molar-refractivity contribution is 5.91. The molecule has 1 fully saturated rings. The lowest BCUT2D eigenvalue weighted by atomic mass is 9.88. The lowest BCUT2D eigenvalue weighted by Crippen LogP contribution is -2.61. The van der Waals surface area contributed by atoms with Gasteiger partial charge in [-0.05, 0) is 42.9 Å². The van der Waals surface area contributed by atoms with Gasteiger partial charge in [0.1, 0.15) is 28.4 Å². The van der Waals surface area contributed by atoms with E-state index in [1.807, 2.05) is 0 Å². The third-order valence-electron chi connectivity index (χ3n) is 5.86. The molecule has 8 nitrogen and oxygen atoms in total. The van der Waals surface area contributed by atoms with E-state index in [0.29, 0.717) is 38.2 Å². The van der Waals surface area contributed by atoms with Crippen LogP contribution in [0, 0.1) is 0 Å². The van der Waals surface area contributed by atoms with Crippen LogP contribution < -0.4 is 25.4 Å². The number of benzene rings is 2. The zero-order chi connectivity index (χ0) is 26.2. The fraction of sp³-hybridized carbons (Fsp3) is 0.440. The molecule has 0 aromatic heterocycles. The summed E-state index contributed by atoms with van der Waals surface area (Å²) in [6, 6.07) is 9.81. The molecule has 11 heteroatoms. The van der Waals surface area contributed by atoms with Crippen molar-refractivity contribution < 1.29 is 37.0 Å². The fourth-order valence-corrected chi connectivity index (χ4v) is 3.80. The molecule has 0 spiro atoms. The second kappa shape index (κ2) is 12.1. The van der Waals surface area contributed by atoms with Gasteiger partial charge in [-0.2, -0.15) is 13.2 Å². The van der Waals surface area contributed by atoms with Crippen LogP contribution in [0.2, 0.25) is 0 Å². The van der Waals surface area contributed by atoms with Gasteiger partial charge in [0, 0.05) is 45.6 Å². The van der Waals surface area contributed by atoms with E-state index < -0.39 is 17.3 Å². The van der Waals surface area contributed by atoms with Crippen LogP contribution in [0.3, 0.4) is 0 Å². The first-order valence-corrected chi connectivity index (χ1v) is 11.5. The van der Waals surface area contributed by atoms with Crippen LogP contribution in [0.1, 0.15) is 30.4 Å². The Morgan fingerprint density at radius 2 is 1.72 bits per heavy atom. The van der Waals surface area contributed by atoms with Crippen LogP contribution in [0.5, 0.6) is 17.2 Å². The van der Waals surface area contributed by atoms with Gasteiger partial charge in [0.25, 0.3) is 0 Å². The monoisotopic (exact) mass is 509 g/mol. The Morgan fingerprint density at radius 3 is 2.33 bits per heavy atom. The Balaban J connectivity index is 1.64. The van der Waals surface area contributed by atoms with E-state index in [-0.39, 0.29) is 42.0 Å². The van der Waals surface area contributed by atoms with Crippen LogP contribution in [0.4, 0.5) is 13.2 Å². The number of carbonyl (C=O) groups is 2. The van der Waals surface area contributed by atoms with Crippen LogP contribution in [-0.4, -0.2) is 51.3 Å². The molecule has 0 unspecified atom stereocenters. The molecule has 3 N–H and O–H groups in total. The Hall–Kier alpha value is -3.31. The van der Waals surface area contributed by atoms with Gasteiger partial charge >= 0.3 is 6.18 Å². The molecule has 1 aliphatic rings. The zero-order valence-electron chi connectivity index (χ0n) is 20.2. The third-order valence-corrected chi connectivity index (χ3v) is 5.86. The molecule has 3 rings (SSSR count). The van der Waals surface area contributed by atoms with Gasteiger partial charge in [-0.3, -0.25) is 9.59 Å². The summed E-state index contributed by atoms with van der Waals surface area (Å²) in [5.41, 5.74) is -1.28. The summed E-state index contributed by atoms with van der Waals surface area (Å²) in [6.45, 7) is 1.38. The van der Waals surface area contributed by atoms with Crippen LogP contribution in [-0.2, 0) is 27.0 Å². The van der Waals surface area contributed by atoms with Crippen molar-refractivity contribution in [3.8, 4) is 17.2 Å². The van der Waals surface area contributed by atoms with Gasteiger partial charge < -0.3 is 30.2 Å². The summed E-state index contributed by atoms with van der Waals surface area (Å²) in [7, 11) is 3.03. The van der Waals surface area contributed by atoms with Gasteiger partial charge in [-0.1, -0.05) is 12.1 Å². The average Bonchev–Trinajstić information content (AvgIpc) is 2.87. The molecule has 0 bridgehead atoms. The zero-order valence-corrected chi connectivity index (χ0v) is 20.2. The number of carbonyl (C=O) groups excluding carboxylic acids is 2. The van der Waals surface area contributed by atoms with Crippen LogP contribution >= 0.6 is 0 Å². The second-order valence-corrected chi connectivity index (χ2v) is 8.38. The molecule has 196 valence electrons. The lowest BCUT2D eigenvalue weighted by molar-refractivity contribution is -0.138. The summed E-state index contributed by atoms with van der Waals surface area (Å²) in [5, 5.41) is 8.63. The van der Waals surface area contributed by atoms with Gasteiger partial charge in [0.2, 0.25) is 11.8 Å². The maximum absolute atomic E-state index is 13.4. The number of methoxy groups -OCH3 is 1. The Kier molecular flexibility index (Phi) is 9.16. The Morgan fingerprint density at radius 1 is 1.06 bits per heavy atom. The molecule has 0 saturated carbocycles. The largest absolute Gasteiger partial charge is 0.497 e. The number of rotatable bonds is 10. The van der Waals surface area contributed by atoms with Gasteiger partial charge in [0.05, 0.1) is 7.11 Å².